The van der Waals surface area contributed by atoms with Crippen LogP contribution in [-0.2, 0) is 10.0 Å². The van der Waals surface area contributed by atoms with E-state index in [1.165, 1.54) is 10.4 Å². The van der Waals surface area contributed by atoms with Gasteiger partial charge < -0.3 is 4.90 Å². The van der Waals surface area contributed by atoms with Crippen LogP contribution >= 0.6 is 11.6 Å². The molecule has 0 amide bonds. The third kappa shape index (κ3) is 3.07. The van der Waals surface area contributed by atoms with Gasteiger partial charge in [0.1, 0.15) is 5.82 Å². The Balaban J connectivity index is 2.05. The van der Waals surface area contributed by atoms with Gasteiger partial charge in [0, 0.05) is 32.1 Å². The summed E-state index contributed by atoms with van der Waals surface area (Å²) in [7, 11) is -3.35. The molecule has 4 nitrogen and oxygen atoms in total. The van der Waals surface area contributed by atoms with E-state index in [1.807, 2.05) is 4.90 Å². The second-order valence-electron chi connectivity index (χ2n) is 4.85. The topological polar surface area (TPSA) is 40.6 Å². The van der Waals surface area contributed by atoms with Crippen molar-refractivity contribution in [3.63, 3.8) is 0 Å². The molecule has 0 aliphatic carbocycles. The molecule has 0 spiro atoms. The molecular formula is C13H18ClFN2O2S. The molecule has 1 aliphatic heterocycles. The molecule has 20 heavy (non-hydrogen) atoms. The number of hydrogen-bond donors (Lipinski definition) is 0. The number of nitrogens with zero attached hydrogens (tertiary/aromatic N) is 2. The monoisotopic (exact) mass is 320 g/mol. The Morgan fingerprint density at radius 3 is 2.40 bits per heavy atom. The maximum absolute atomic E-state index is 13.7. The third-order valence-corrected chi connectivity index (χ3v) is 6.43. The van der Waals surface area contributed by atoms with Gasteiger partial charge in [-0.2, -0.15) is 4.31 Å². The second-order valence-corrected chi connectivity index (χ2v) is 7.51. The van der Waals surface area contributed by atoms with E-state index in [9.17, 15) is 12.8 Å². The normalized spacial score (nSPS) is 19.1. The average molecular weight is 321 g/mol. The third-order valence-electron chi connectivity index (χ3n) is 3.52. The van der Waals surface area contributed by atoms with Crippen LogP contribution in [0.1, 0.15) is 6.92 Å². The molecule has 0 radical (unpaired) electrons. The van der Waals surface area contributed by atoms with Crippen LogP contribution in [0.25, 0.3) is 0 Å². The highest BCUT2D eigenvalue weighted by Gasteiger charge is 2.31. The van der Waals surface area contributed by atoms with Crippen molar-refractivity contribution in [1.82, 2.24) is 4.31 Å². The SMILES string of the molecule is CC(CCl)S(=O)(=O)N1CCN(c2ccccc2F)CC1. The number of halogens is 2. The molecule has 7 heteroatoms. The average Bonchev–Trinajstić information content (AvgIpc) is 2.47. The summed E-state index contributed by atoms with van der Waals surface area (Å²) in [4.78, 5) is 1.87. The van der Waals surface area contributed by atoms with Crippen LogP contribution in [0.4, 0.5) is 10.1 Å². The summed E-state index contributed by atoms with van der Waals surface area (Å²) in [5.41, 5.74) is 0.523. The van der Waals surface area contributed by atoms with Crippen LogP contribution in [-0.4, -0.2) is 50.0 Å². The van der Waals surface area contributed by atoms with Gasteiger partial charge in [-0.1, -0.05) is 12.1 Å². The smallest absolute Gasteiger partial charge is 0.218 e. The zero-order chi connectivity index (χ0) is 14.8. The molecular weight excluding hydrogens is 303 g/mol. The summed E-state index contributed by atoms with van der Waals surface area (Å²) in [5.74, 6) is -0.200. The maximum Gasteiger partial charge on any atom is 0.218 e. The predicted molar refractivity (Wildman–Crippen MR) is 79.3 cm³/mol. The summed E-state index contributed by atoms with van der Waals surface area (Å²) < 4.78 is 39.5. The van der Waals surface area contributed by atoms with Gasteiger partial charge in [-0.25, -0.2) is 12.8 Å². The minimum absolute atomic E-state index is 0.0792. The Labute approximate surface area is 124 Å². The lowest BCUT2D eigenvalue weighted by Crippen LogP contribution is -2.51. The first-order chi connectivity index (χ1) is 9.46. The highest BCUT2D eigenvalue weighted by Crippen LogP contribution is 2.22. The molecule has 1 fully saturated rings. The van der Waals surface area contributed by atoms with E-state index in [1.54, 1.807) is 25.1 Å². The van der Waals surface area contributed by atoms with Crippen LogP contribution in [0.2, 0.25) is 0 Å². The minimum atomic E-state index is -3.35. The van der Waals surface area contributed by atoms with Crippen molar-refractivity contribution < 1.29 is 12.8 Å². The molecule has 0 bridgehead atoms. The Hall–Kier alpha value is -0.850. The quantitative estimate of drug-likeness (QED) is 0.796. The molecule has 0 N–H and O–H groups in total. The first kappa shape index (κ1) is 15.5. The maximum atomic E-state index is 13.7. The number of para-hydroxylation sites is 1. The number of anilines is 1. The lowest BCUT2D eigenvalue weighted by Gasteiger charge is -2.36. The van der Waals surface area contributed by atoms with Crippen molar-refractivity contribution in [1.29, 1.82) is 0 Å². The molecule has 1 saturated heterocycles. The standard InChI is InChI=1S/C13H18ClFN2O2S/c1-11(10-14)20(18,19)17-8-6-16(7-9-17)13-5-3-2-4-12(13)15/h2-5,11H,6-10H2,1H3. The van der Waals surface area contributed by atoms with Crippen molar-refractivity contribution >= 4 is 27.3 Å². The van der Waals surface area contributed by atoms with Gasteiger partial charge in [-0.3, -0.25) is 0 Å². The molecule has 0 aromatic heterocycles. The van der Waals surface area contributed by atoms with Crippen LogP contribution in [0, 0.1) is 5.82 Å². The van der Waals surface area contributed by atoms with Crippen molar-refractivity contribution in [2.75, 3.05) is 37.0 Å². The number of hydrogen-bond acceptors (Lipinski definition) is 3. The highest BCUT2D eigenvalue weighted by molar-refractivity contribution is 7.89. The lowest BCUT2D eigenvalue weighted by atomic mass is 10.2. The van der Waals surface area contributed by atoms with Gasteiger partial charge in [0.15, 0.2) is 0 Å². The number of sulfonamides is 1. The minimum Gasteiger partial charge on any atom is -0.367 e. The van der Waals surface area contributed by atoms with E-state index in [4.69, 9.17) is 11.6 Å². The van der Waals surface area contributed by atoms with E-state index in [-0.39, 0.29) is 11.7 Å². The van der Waals surface area contributed by atoms with Crippen molar-refractivity contribution in [2.45, 2.75) is 12.2 Å². The Bertz CT molecular complexity index is 559. The van der Waals surface area contributed by atoms with E-state index in [0.29, 0.717) is 31.9 Å². The van der Waals surface area contributed by atoms with Crippen LogP contribution in [0.15, 0.2) is 24.3 Å². The highest BCUT2D eigenvalue weighted by atomic mass is 35.5. The van der Waals surface area contributed by atoms with Gasteiger partial charge in [-0.15, -0.1) is 11.6 Å². The number of rotatable bonds is 4. The summed E-state index contributed by atoms with van der Waals surface area (Å²) in [6.45, 7) is 3.28. The summed E-state index contributed by atoms with van der Waals surface area (Å²) in [5, 5.41) is -0.593. The van der Waals surface area contributed by atoms with Gasteiger partial charge >= 0.3 is 0 Å². The second kappa shape index (κ2) is 6.28. The predicted octanol–water partition coefficient (Wildman–Crippen LogP) is 1.90. The Morgan fingerprint density at radius 2 is 1.85 bits per heavy atom. The first-order valence-electron chi connectivity index (χ1n) is 6.51. The van der Waals surface area contributed by atoms with Crippen molar-refractivity contribution in [3.8, 4) is 0 Å². The van der Waals surface area contributed by atoms with Crippen LogP contribution in [0.3, 0.4) is 0 Å². The van der Waals surface area contributed by atoms with Crippen molar-refractivity contribution in [2.24, 2.45) is 0 Å². The fraction of sp³-hybridized carbons (Fsp3) is 0.538. The van der Waals surface area contributed by atoms with Gasteiger partial charge in [0.05, 0.1) is 10.9 Å². The fourth-order valence-corrected chi connectivity index (χ4v) is 4.04. The molecule has 0 saturated carbocycles. The molecule has 1 aromatic rings. The molecule has 1 unspecified atom stereocenters. The summed E-state index contributed by atoms with van der Waals surface area (Å²) in [6.07, 6.45) is 0. The molecule has 1 aromatic carbocycles. The van der Waals surface area contributed by atoms with Gasteiger partial charge in [0.2, 0.25) is 10.0 Å². The van der Waals surface area contributed by atoms with Crippen LogP contribution < -0.4 is 4.90 Å². The van der Waals surface area contributed by atoms with Gasteiger partial charge in [0.25, 0.3) is 0 Å². The molecule has 2 rings (SSSR count). The lowest BCUT2D eigenvalue weighted by molar-refractivity contribution is 0.379. The van der Waals surface area contributed by atoms with E-state index < -0.39 is 15.3 Å². The Kier molecular flexibility index (Phi) is 4.88. The molecule has 1 atom stereocenters. The molecule has 1 aliphatic rings. The largest absolute Gasteiger partial charge is 0.367 e. The molecule has 1 heterocycles. The zero-order valence-corrected chi connectivity index (χ0v) is 12.9. The molecule has 112 valence electrons. The number of alkyl halides is 1. The number of piperazine rings is 1. The van der Waals surface area contributed by atoms with Crippen LogP contribution in [0.5, 0.6) is 0 Å². The van der Waals surface area contributed by atoms with E-state index >= 15 is 0 Å². The zero-order valence-electron chi connectivity index (χ0n) is 11.3. The number of benzene rings is 1. The van der Waals surface area contributed by atoms with Gasteiger partial charge in [-0.05, 0) is 19.1 Å². The van der Waals surface area contributed by atoms with Crippen molar-refractivity contribution in [3.05, 3.63) is 30.1 Å². The Morgan fingerprint density at radius 1 is 1.25 bits per heavy atom. The summed E-state index contributed by atoms with van der Waals surface area (Å²) in [6, 6.07) is 6.54. The van der Waals surface area contributed by atoms with E-state index in [2.05, 4.69) is 0 Å². The fourth-order valence-electron chi connectivity index (χ4n) is 2.23. The first-order valence-corrected chi connectivity index (χ1v) is 8.55. The van der Waals surface area contributed by atoms with E-state index in [0.717, 1.165) is 0 Å². The summed E-state index contributed by atoms with van der Waals surface area (Å²) >= 11 is 5.64.